The highest BCUT2D eigenvalue weighted by Gasteiger charge is 2.20. The number of pyridine rings is 2. The third-order valence-corrected chi connectivity index (χ3v) is 6.79. The topological polar surface area (TPSA) is 89.6 Å². The summed E-state index contributed by atoms with van der Waals surface area (Å²) in [6, 6.07) is 15.5. The number of rotatable bonds is 6. The number of benzene rings is 1. The number of piperazine rings is 1. The summed E-state index contributed by atoms with van der Waals surface area (Å²) in [4.78, 5) is 25.8. The number of anilines is 1. The van der Waals surface area contributed by atoms with Gasteiger partial charge in [0.05, 0.1) is 11.9 Å². The van der Waals surface area contributed by atoms with E-state index in [1.54, 1.807) is 6.20 Å². The number of hydrogen-bond acceptors (Lipinski definition) is 7. The lowest BCUT2D eigenvalue weighted by Crippen LogP contribution is -2.47. The zero-order chi connectivity index (χ0) is 23.5. The minimum Gasteiger partial charge on any atom is -0.336 e. The van der Waals surface area contributed by atoms with E-state index in [4.69, 9.17) is 5.41 Å². The Labute approximate surface area is 202 Å². The quantitative estimate of drug-likeness (QED) is 0.328. The molecule has 8 nitrogen and oxygen atoms in total. The molecular formula is C25H25N7OS. The number of imidazole rings is 1. The highest BCUT2D eigenvalue weighted by Crippen LogP contribution is 2.28. The maximum absolute atomic E-state index is 12.8. The lowest BCUT2D eigenvalue weighted by atomic mass is 10.0. The molecular weight excluding hydrogens is 446 g/mol. The number of amides is 1. The van der Waals surface area contributed by atoms with E-state index in [9.17, 15) is 4.79 Å². The van der Waals surface area contributed by atoms with Crippen molar-refractivity contribution in [3.8, 4) is 11.1 Å². The first-order valence-electron chi connectivity index (χ1n) is 11.1. The molecule has 0 spiro atoms. The smallest absolute Gasteiger partial charge is 0.253 e. The second kappa shape index (κ2) is 9.66. The van der Waals surface area contributed by atoms with Gasteiger partial charge in [0, 0.05) is 67.9 Å². The Morgan fingerprint density at radius 1 is 1.03 bits per heavy atom. The van der Waals surface area contributed by atoms with Crippen LogP contribution in [0.15, 0.2) is 72.1 Å². The Balaban J connectivity index is 1.33. The van der Waals surface area contributed by atoms with Gasteiger partial charge < -0.3 is 19.9 Å². The number of aromatic nitrogens is 3. The summed E-state index contributed by atoms with van der Waals surface area (Å²) in [6.45, 7) is 3.31. The summed E-state index contributed by atoms with van der Waals surface area (Å²) in [6.07, 6.45) is 6.76. The summed E-state index contributed by atoms with van der Waals surface area (Å²) < 4.78 is 5.32. The largest absolute Gasteiger partial charge is 0.336 e. The maximum Gasteiger partial charge on any atom is 0.253 e. The van der Waals surface area contributed by atoms with Crippen LogP contribution in [0.5, 0.6) is 0 Å². The molecule has 1 saturated heterocycles. The molecule has 4 heterocycles. The SMILES string of the molecule is CN1CCN(C(=O)c2ccc(-c3cnc(C=N)c(NSc4cnc5ccccn45)c3)cc2)CC1. The number of likely N-dealkylation sites (N-methyl/N-ethyl adjacent to an activating group) is 1. The van der Waals surface area contributed by atoms with Gasteiger partial charge in [-0.05, 0) is 42.9 Å². The fourth-order valence-corrected chi connectivity index (χ4v) is 4.66. The Bertz CT molecular complexity index is 1330. The molecule has 4 aromatic rings. The molecule has 0 unspecified atom stereocenters. The number of hydrogen-bond donors (Lipinski definition) is 2. The van der Waals surface area contributed by atoms with E-state index in [0.717, 1.165) is 53.7 Å². The van der Waals surface area contributed by atoms with Gasteiger partial charge in [-0.25, -0.2) is 4.98 Å². The van der Waals surface area contributed by atoms with Crippen molar-refractivity contribution in [3.05, 3.63) is 78.4 Å². The molecule has 2 N–H and O–H groups in total. The van der Waals surface area contributed by atoms with Crippen molar-refractivity contribution in [3.63, 3.8) is 0 Å². The first-order chi connectivity index (χ1) is 16.6. The van der Waals surface area contributed by atoms with Crippen molar-refractivity contribution in [1.29, 1.82) is 5.41 Å². The third kappa shape index (κ3) is 4.52. The zero-order valence-electron chi connectivity index (χ0n) is 18.8. The average Bonchev–Trinajstić information content (AvgIpc) is 3.30. The van der Waals surface area contributed by atoms with Crippen LogP contribution in [0.3, 0.4) is 0 Å². The second-order valence-electron chi connectivity index (χ2n) is 8.20. The molecule has 0 bridgehead atoms. The lowest BCUT2D eigenvalue weighted by Gasteiger charge is -2.32. The van der Waals surface area contributed by atoms with Gasteiger partial charge in [-0.3, -0.25) is 14.2 Å². The molecule has 0 saturated carbocycles. The second-order valence-corrected chi connectivity index (χ2v) is 9.03. The van der Waals surface area contributed by atoms with E-state index in [2.05, 4.69) is 26.6 Å². The van der Waals surface area contributed by atoms with E-state index >= 15 is 0 Å². The summed E-state index contributed by atoms with van der Waals surface area (Å²) in [5.41, 5.74) is 4.72. The van der Waals surface area contributed by atoms with E-state index < -0.39 is 0 Å². The number of carbonyl (C=O) groups excluding carboxylic acids is 1. The van der Waals surface area contributed by atoms with Gasteiger partial charge in [0.15, 0.2) is 0 Å². The van der Waals surface area contributed by atoms with Crippen molar-refractivity contribution >= 4 is 35.4 Å². The van der Waals surface area contributed by atoms with Gasteiger partial charge in [-0.1, -0.05) is 18.2 Å². The Kier molecular flexibility index (Phi) is 6.29. The highest BCUT2D eigenvalue weighted by molar-refractivity contribution is 8.00. The molecule has 1 aliphatic rings. The number of nitrogens with one attached hydrogen (secondary N) is 2. The van der Waals surface area contributed by atoms with Crippen LogP contribution in [-0.4, -0.2) is 69.5 Å². The summed E-state index contributed by atoms with van der Waals surface area (Å²) in [5.74, 6) is 0.0729. The van der Waals surface area contributed by atoms with Crippen LogP contribution in [0.4, 0.5) is 5.69 Å². The van der Waals surface area contributed by atoms with Crippen LogP contribution in [0, 0.1) is 5.41 Å². The van der Waals surface area contributed by atoms with Gasteiger partial charge in [0.1, 0.15) is 16.4 Å². The summed E-state index contributed by atoms with van der Waals surface area (Å²) >= 11 is 1.42. The fourth-order valence-electron chi connectivity index (χ4n) is 3.92. The maximum atomic E-state index is 12.8. The molecule has 9 heteroatoms. The predicted molar refractivity (Wildman–Crippen MR) is 136 cm³/mol. The van der Waals surface area contributed by atoms with Gasteiger partial charge in [0.25, 0.3) is 5.91 Å². The van der Waals surface area contributed by atoms with Crippen molar-refractivity contribution in [2.75, 3.05) is 37.9 Å². The average molecular weight is 472 g/mol. The molecule has 1 aliphatic heterocycles. The highest BCUT2D eigenvalue weighted by atomic mass is 32.2. The van der Waals surface area contributed by atoms with Crippen molar-refractivity contribution < 1.29 is 4.79 Å². The standard InChI is InChI=1S/C25H25N7OS/c1-30-10-12-31(13-11-30)25(33)19-7-5-18(6-8-19)20-14-21(22(15-26)27-16-20)29-34-24-17-28-23-4-2-3-9-32(23)24/h2-9,14-17,26,29H,10-13H2,1H3. The molecule has 0 aliphatic carbocycles. The summed E-state index contributed by atoms with van der Waals surface area (Å²) in [5, 5.41) is 8.66. The molecule has 0 radical (unpaired) electrons. The van der Waals surface area contributed by atoms with Crippen molar-refractivity contribution in [1.82, 2.24) is 24.2 Å². The first kappa shape index (κ1) is 22.1. The van der Waals surface area contributed by atoms with Crippen LogP contribution in [0.1, 0.15) is 16.1 Å². The molecule has 1 fully saturated rings. The van der Waals surface area contributed by atoms with Gasteiger partial charge in [-0.15, -0.1) is 0 Å². The minimum atomic E-state index is 0.0729. The van der Waals surface area contributed by atoms with Crippen LogP contribution < -0.4 is 4.72 Å². The molecule has 1 amide bonds. The van der Waals surface area contributed by atoms with E-state index in [0.29, 0.717) is 11.3 Å². The van der Waals surface area contributed by atoms with Gasteiger partial charge in [0.2, 0.25) is 0 Å². The van der Waals surface area contributed by atoms with Crippen LogP contribution in [0.25, 0.3) is 16.8 Å². The molecule has 34 heavy (non-hydrogen) atoms. The molecule has 1 aromatic carbocycles. The number of carbonyl (C=O) groups is 1. The zero-order valence-corrected chi connectivity index (χ0v) is 19.6. The Morgan fingerprint density at radius 2 is 1.82 bits per heavy atom. The summed E-state index contributed by atoms with van der Waals surface area (Å²) in [7, 11) is 2.08. The van der Waals surface area contributed by atoms with Gasteiger partial charge in [-0.2, -0.15) is 0 Å². The number of nitrogens with zero attached hydrogens (tertiary/aromatic N) is 5. The van der Waals surface area contributed by atoms with E-state index in [-0.39, 0.29) is 5.91 Å². The first-order valence-corrected chi connectivity index (χ1v) is 11.9. The Hall–Kier alpha value is -3.69. The molecule has 172 valence electrons. The third-order valence-electron chi connectivity index (χ3n) is 5.96. The number of fused-ring (bicyclic) bond motifs is 1. The van der Waals surface area contributed by atoms with E-state index in [1.807, 2.05) is 70.2 Å². The normalized spacial score (nSPS) is 14.3. The molecule has 5 rings (SSSR count). The monoisotopic (exact) mass is 471 g/mol. The fraction of sp³-hybridized carbons (Fsp3) is 0.200. The lowest BCUT2D eigenvalue weighted by molar-refractivity contribution is 0.0664. The van der Waals surface area contributed by atoms with E-state index in [1.165, 1.54) is 18.2 Å². The Morgan fingerprint density at radius 3 is 2.59 bits per heavy atom. The van der Waals surface area contributed by atoms with Crippen LogP contribution >= 0.6 is 11.9 Å². The minimum absolute atomic E-state index is 0.0729. The van der Waals surface area contributed by atoms with Crippen LogP contribution in [-0.2, 0) is 0 Å². The molecule has 3 aromatic heterocycles. The molecule has 0 atom stereocenters. The van der Waals surface area contributed by atoms with Crippen molar-refractivity contribution in [2.24, 2.45) is 0 Å². The van der Waals surface area contributed by atoms with Gasteiger partial charge >= 0.3 is 0 Å². The predicted octanol–water partition coefficient (Wildman–Crippen LogP) is 3.90. The van der Waals surface area contributed by atoms with Crippen molar-refractivity contribution in [2.45, 2.75) is 5.03 Å². The van der Waals surface area contributed by atoms with Crippen LogP contribution in [0.2, 0.25) is 0 Å².